The van der Waals surface area contributed by atoms with Crippen molar-refractivity contribution >= 4 is 40.6 Å². The zero-order valence-corrected chi connectivity index (χ0v) is 17.5. The van der Waals surface area contributed by atoms with Crippen molar-refractivity contribution in [1.29, 1.82) is 0 Å². The number of rotatable bonds is 7. The van der Waals surface area contributed by atoms with Crippen LogP contribution >= 0.6 is 12.4 Å². The monoisotopic (exact) mass is 446 g/mol. The fourth-order valence-corrected chi connectivity index (χ4v) is 3.46. The van der Waals surface area contributed by atoms with Crippen LogP contribution in [0, 0.1) is 10.1 Å². The average molecular weight is 447 g/mol. The smallest absolute Gasteiger partial charge is 0.269 e. The first-order valence-corrected chi connectivity index (χ1v) is 9.07. The van der Waals surface area contributed by atoms with Crippen LogP contribution in [0.3, 0.4) is 0 Å². The number of amides is 1. The fraction of sp³-hybridized carbons (Fsp3) is 0.250. The Bertz CT molecular complexity index is 1160. The Balaban J connectivity index is 0.00000272. The maximum atomic E-state index is 12.7. The first-order chi connectivity index (χ1) is 14.5. The molecule has 162 valence electrons. The van der Waals surface area contributed by atoms with E-state index < -0.39 is 10.8 Å². The summed E-state index contributed by atoms with van der Waals surface area (Å²) in [5, 5.41) is 14.6. The summed E-state index contributed by atoms with van der Waals surface area (Å²) in [6.07, 6.45) is 1.35. The summed E-state index contributed by atoms with van der Waals surface area (Å²) in [7, 11) is 3.09. The van der Waals surface area contributed by atoms with Crippen molar-refractivity contribution in [1.82, 2.24) is 9.97 Å². The van der Waals surface area contributed by atoms with Gasteiger partial charge in [0.15, 0.2) is 11.5 Å². The summed E-state index contributed by atoms with van der Waals surface area (Å²) in [4.78, 5) is 32.1. The topological polar surface area (TPSA) is 126 Å². The summed E-state index contributed by atoms with van der Waals surface area (Å²) >= 11 is 0. The van der Waals surface area contributed by atoms with Crippen LogP contribution in [0.25, 0.3) is 10.9 Å². The number of non-ortho nitro benzene ring substituents is 1. The van der Waals surface area contributed by atoms with E-state index in [0.717, 1.165) is 0 Å². The van der Waals surface area contributed by atoms with Crippen molar-refractivity contribution in [2.75, 3.05) is 32.8 Å². The Labute approximate surface area is 183 Å². The van der Waals surface area contributed by atoms with Crippen molar-refractivity contribution in [3.05, 3.63) is 58.0 Å². The third-order valence-electron chi connectivity index (χ3n) is 4.85. The second kappa shape index (κ2) is 9.11. The maximum Gasteiger partial charge on any atom is 0.269 e. The number of anilines is 1. The van der Waals surface area contributed by atoms with Crippen LogP contribution in [0.15, 0.2) is 36.7 Å². The van der Waals surface area contributed by atoms with E-state index in [2.05, 4.69) is 15.3 Å². The molecule has 2 heterocycles. The Morgan fingerprint density at radius 1 is 1.13 bits per heavy atom. The van der Waals surface area contributed by atoms with E-state index in [9.17, 15) is 14.9 Å². The Morgan fingerprint density at radius 2 is 1.94 bits per heavy atom. The molecule has 1 unspecified atom stereocenters. The van der Waals surface area contributed by atoms with Crippen LogP contribution in [0.1, 0.15) is 17.2 Å². The lowest BCUT2D eigenvalue weighted by atomic mass is 9.93. The second-order valence-corrected chi connectivity index (χ2v) is 6.57. The molecule has 10 nitrogen and oxygen atoms in total. The zero-order valence-electron chi connectivity index (χ0n) is 16.7. The second-order valence-electron chi connectivity index (χ2n) is 6.57. The number of halogens is 1. The van der Waals surface area contributed by atoms with Crippen molar-refractivity contribution in [2.45, 2.75) is 5.92 Å². The molecule has 2 aromatic carbocycles. The number of carbonyl (C=O) groups is 1. The Hall–Kier alpha value is -3.50. The molecule has 1 aromatic heterocycles. The number of nitrogens with one attached hydrogen (secondary N) is 1. The highest BCUT2D eigenvalue weighted by Crippen LogP contribution is 2.42. The molecule has 0 aliphatic carbocycles. The molecule has 1 aliphatic rings. The average Bonchev–Trinajstić information content (AvgIpc) is 3.07. The molecule has 0 fully saturated rings. The number of nitro benzene ring substituents is 1. The minimum Gasteiger partial charge on any atom is -0.493 e. The standard InChI is InChI=1S/C20H18N4O6.ClH/c1-28-5-6-30-17-9-15-13(8-16(17)29-2)19(22-10-21-15)18-12-7-11(24(26)27)3-4-14(12)23-20(18)25;/h3-4,7-10,18H,5-6H2,1-2H3,(H,23,25);1H. The number of hydrogen-bond acceptors (Lipinski definition) is 8. The van der Waals surface area contributed by atoms with Gasteiger partial charge in [-0.3, -0.25) is 14.9 Å². The number of methoxy groups -OCH3 is 2. The fourth-order valence-electron chi connectivity index (χ4n) is 3.46. The molecule has 0 saturated carbocycles. The molecular formula is C20H19ClN4O6. The number of hydrogen-bond donors (Lipinski definition) is 1. The summed E-state index contributed by atoms with van der Waals surface area (Å²) in [5.41, 5.74) is 1.90. The highest BCUT2D eigenvalue weighted by Gasteiger charge is 2.35. The highest BCUT2D eigenvalue weighted by molar-refractivity contribution is 6.07. The molecule has 1 amide bonds. The normalized spacial score (nSPS) is 14.5. The quantitative estimate of drug-likeness (QED) is 0.333. The molecule has 0 spiro atoms. The zero-order chi connectivity index (χ0) is 21.3. The van der Waals surface area contributed by atoms with Gasteiger partial charge in [-0.1, -0.05) is 0 Å². The first-order valence-electron chi connectivity index (χ1n) is 9.07. The molecule has 1 N–H and O–H groups in total. The molecular weight excluding hydrogens is 428 g/mol. The lowest BCUT2D eigenvalue weighted by Crippen LogP contribution is -2.15. The van der Waals surface area contributed by atoms with Gasteiger partial charge >= 0.3 is 0 Å². The minimum atomic E-state index is -0.810. The van der Waals surface area contributed by atoms with Crippen molar-refractivity contribution < 1.29 is 23.9 Å². The first kappa shape index (κ1) is 22.2. The lowest BCUT2D eigenvalue weighted by molar-refractivity contribution is -0.384. The third kappa shape index (κ3) is 4.07. The van der Waals surface area contributed by atoms with E-state index in [4.69, 9.17) is 14.2 Å². The number of benzene rings is 2. The SMILES string of the molecule is COCCOc1cc2ncnc(C3C(=O)Nc4ccc([N+](=O)[O-])cc43)c2cc1OC.Cl. The van der Waals surface area contributed by atoms with Gasteiger partial charge in [0.2, 0.25) is 5.91 Å². The molecule has 0 radical (unpaired) electrons. The number of aromatic nitrogens is 2. The molecule has 11 heteroatoms. The maximum absolute atomic E-state index is 12.7. The molecule has 1 atom stereocenters. The Kier molecular flexibility index (Phi) is 6.52. The minimum absolute atomic E-state index is 0. The van der Waals surface area contributed by atoms with Crippen LogP contribution in [-0.2, 0) is 9.53 Å². The van der Waals surface area contributed by atoms with Gasteiger partial charge in [-0.05, 0) is 12.1 Å². The molecule has 0 bridgehead atoms. The van der Waals surface area contributed by atoms with Gasteiger partial charge in [0.25, 0.3) is 5.69 Å². The van der Waals surface area contributed by atoms with Gasteiger partial charge in [-0.2, -0.15) is 0 Å². The number of carbonyl (C=O) groups excluding carboxylic acids is 1. The van der Waals surface area contributed by atoms with E-state index in [1.165, 1.54) is 31.6 Å². The largest absolute Gasteiger partial charge is 0.493 e. The van der Waals surface area contributed by atoms with Crippen molar-refractivity contribution in [2.24, 2.45) is 0 Å². The number of nitro groups is 1. The van der Waals surface area contributed by atoms with Gasteiger partial charge in [0.05, 0.1) is 29.9 Å². The molecule has 4 rings (SSSR count). The number of fused-ring (bicyclic) bond motifs is 2. The van der Waals surface area contributed by atoms with Crippen molar-refractivity contribution in [3.8, 4) is 11.5 Å². The van der Waals surface area contributed by atoms with E-state index in [1.54, 1.807) is 19.2 Å². The predicted octanol–water partition coefficient (Wildman–Crippen LogP) is 3.08. The summed E-state index contributed by atoms with van der Waals surface area (Å²) in [6, 6.07) is 7.68. The van der Waals surface area contributed by atoms with Gasteiger partial charge in [-0.25, -0.2) is 9.97 Å². The third-order valence-corrected chi connectivity index (χ3v) is 4.85. The lowest BCUT2D eigenvalue weighted by Gasteiger charge is -2.15. The predicted molar refractivity (Wildman–Crippen MR) is 114 cm³/mol. The van der Waals surface area contributed by atoms with E-state index >= 15 is 0 Å². The van der Waals surface area contributed by atoms with Crippen molar-refractivity contribution in [3.63, 3.8) is 0 Å². The van der Waals surface area contributed by atoms with Crippen LogP contribution in [0.5, 0.6) is 11.5 Å². The van der Waals surface area contributed by atoms with E-state index in [1.807, 2.05) is 0 Å². The van der Waals surface area contributed by atoms with Gasteiger partial charge in [0.1, 0.15) is 18.9 Å². The highest BCUT2D eigenvalue weighted by atomic mass is 35.5. The van der Waals surface area contributed by atoms with Gasteiger partial charge in [0, 0.05) is 41.9 Å². The van der Waals surface area contributed by atoms with E-state index in [-0.39, 0.29) is 24.0 Å². The Morgan fingerprint density at radius 3 is 2.65 bits per heavy atom. The van der Waals surface area contributed by atoms with Crippen LogP contribution in [0.4, 0.5) is 11.4 Å². The van der Waals surface area contributed by atoms with Crippen LogP contribution in [0.2, 0.25) is 0 Å². The molecule has 3 aromatic rings. The summed E-state index contributed by atoms with van der Waals surface area (Å²) in [5.74, 6) is -0.189. The van der Waals surface area contributed by atoms with Crippen LogP contribution < -0.4 is 14.8 Å². The summed E-state index contributed by atoms with van der Waals surface area (Å²) in [6.45, 7) is 0.742. The van der Waals surface area contributed by atoms with Gasteiger partial charge in [-0.15, -0.1) is 12.4 Å². The molecule has 0 saturated heterocycles. The summed E-state index contributed by atoms with van der Waals surface area (Å²) < 4.78 is 16.1. The number of nitrogens with zero attached hydrogens (tertiary/aromatic N) is 3. The van der Waals surface area contributed by atoms with E-state index in [0.29, 0.717) is 52.6 Å². The molecule has 1 aliphatic heterocycles. The van der Waals surface area contributed by atoms with Crippen LogP contribution in [-0.4, -0.2) is 48.2 Å². The van der Waals surface area contributed by atoms with Gasteiger partial charge < -0.3 is 19.5 Å². The number of ether oxygens (including phenoxy) is 3. The molecule has 31 heavy (non-hydrogen) atoms.